The first-order valence-corrected chi connectivity index (χ1v) is 7.51. The molecule has 0 fully saturated rings. The Labute approximate surface area is 105 Å². The molecule has 17 heavy (non-hydrogen) atoms. The van der Waals surface area contributed by atoms with Crippen molar-refractivity contribution in [1.29, 1.82) is 0 Å². The van der Waals surface area contributed by atoms with Crippen molar-refractivity contribution < 1.29 is 4.21 Å². The highest BCUT2D eigenvalue weighted by atomic mass is 32.2. The van der Waals surface area contributed by atoms with Crippen LogP contribution in [0.5, 0.6) is 0 Å². The maximum Gasteiger partial charge on any atom is 0.0788 e. The molecule has 0 bridgehead atoms. The summed E-state index contributed by atoms with van der Waals surface area (Å²) >= 11 is 0. The van der Waals surface area contributed by atoms with Gasteiger partial charge in [-0.2, -0.15) is 0 Å². The van der Waals surface area contributed by atoms with Crippen molar-refractivity contribution in [2.24, 2.45) is 10.3 Å². The van der Waals surface area contributed by atoms with E-state index in [1.807, 2.05) is 37.3 Å². The van der Waals surface area contributed by atoms with Gasteiger partial charge in [-0.1, -0.05) is 43.7 Å². The molecule has 0 aliphatic carbocycles. The van der Waals surface area contributed by atoms with Gasteiger partial charge in [0, 0.05) is 11.9 Å². The lowest BCUT2D eigenvalue weighted by Gasteiger charge is -2.10. The Morgan fingerprint density at radius 3 is 2.41 bits per heavy atom. The predicted molar refractivity (Wildman–Crippen MR) is 74.7 cm³/mol. The van der Waals surface area contributed by atoms with Gasteiger partial charge in [-0.3, -0.25) is 0 Å². The van der Waals surface area contributed by atoms with E-state index in [-0.39, 0.29) is 0 Å². The second-order valence-corrected chi connectivity index (χ2v) is 6.94. The summed E-state index contributed by atoms with van der Waals surface area (Å²) in [5.74, 6) is 0.998. The SMILES string of the molecule is CN=S(=O)(C/C(C)=C/C(C)C)c1ccccc1. The zero-order chi connectivity index (χ0) is 12.9. The Kier molecular flexibility index (Phi) is 4.94. The Hall–Kier alpha value is -1.09. The standard InChI is InChI=1S/C14H21NOS/c1-12(2)10-13(3)11-17(16,15-4)14-8-6-5-7-9-14/h5-10,12H,11H2,1-4H3/b13-10+. The first-order valence-electron chi connectivity index (χ1n) is 5.83. The summed E-state index contributed by atoms with van der Waals surface area (Å²) in [6.45, 7) is 6.27. The molecule has 1 aromatic rings. The van der Waals surface area contributed by atoms with Crippen molar-refractivity contribution in [2.45, 2.75) is 25.7 Å². The Morgan fingerprint density at radius 2 is 1.94 bits per heavy atom. The van der Waals surface area contributed by atoms with E-state index in [0.717, 1.165) is 10.5 Å². The molecule has 0 saturated heterocycles. The first-order chi connectivity index (χ1) is 7.98. The lowest BCUT2D eigenvalue weighted by Crippen LogP contribution is -2.08. The molecular weight excluding hydrogens is 230 g/mol. The fourth-order valence-corrected chi connectivity index (χ4v) is 3.61. The van der Waals surface area contributed by atoms with E-state index < -0.39 is 9.73 Å². The molecule has 0 aliphatic heterocycles. The smallest absolute Gasteiger partial charge is 0.0788 e. The van der Waals surface area contributed by atoms with Gasteiger partial charge in [0.25, 0.3) is 0 Å². The third-order valence-electron chi connectivity index (χ3n) is 2.45. The molecule has 0 saturated carbocycles. The van der Waals surface area contributed by atoms with Crippen LogP contribution in [0.15, 0.2) is 51.2 Å². The topological polar surface area (TPSA) is 29.4 Å². The fourth-order valence-electron chi connectivity index (χ4n) is 1.81. The van der Waals surface area contributed by atoms with Crippen LogP contribution in [0.4, 0.5) is 0 Å². The Balaban J connectivity index is 3.05. The lowest BCUT2D eigenvalue weighted by molar-refractivity contribution is 0.677. The highest BCUT2D eigenvalue weighted by Gasteiger charge is 2.11. The molecule has 0 amide bonds. The molecule has 1 rings (SSSR count). The number of benzene rings is 1. The van der Waals surface area contributed by atoms with Gasteiger partial charge >= 0.3 is 0 Å². The van der Waals surface area contributed by atoms with Crippen molar-refractivity contribution in [3.05, 3.63) is 42.0 Å². The highest BCUT2D eigenvalue weighted by Crippen LogP contribution is 2.17. The minimum atomic E-state index is -2.29. The fraction of sp³-hybridized carbons (Fsp3) is 0.429. The number of allylic oxidation sites excluding steroid dienone is 1. The summed E-state index contributed by atoms with van der Waals surface area (Å²) in [5.41, 5.74) is 1.14. The number of rotatable bonds is 4. The van der Waals surface area contributed by atoms with Crippen molar-refractivity contribution in [3.8, 4) is 0 Å². The molecule has 1 unspecified atom stereocenters. The summed E-state index contributed by atoms with van der Waals surface area (Å²) in [7, 11) is -0.657. The van der Waals surface area contributed by atoms with E-state index in [1.54, 1.807) is 7.05 Å². The van der Waals surface area contributed by atoms with Gasteiger partial charge < -0.3 is 0 Å². The van der Waals surface area contributed by atoms with E-state index in [4.69, 9.17) is 0 Å². The number of nitrogens with zero attached hydrogens (tertiary/aromatic N) is 1. The number of hydrogen-bond donors (Lipinski definition) is 0. The lowest BCUT2D eigenvalue weighted by atomic mass is 10.1. The van der Waals surface area contributed by atoms with Crippen molar-refractivity contribution in [1.82, 2.24) is 0 Å². The summed E-state index contributed by atoms with van der Waals surface area (Å²) in [5, 5.41) is 0. The summed E-state index contributed by atoms with van der Waals surface area (Å²) in [6.07, 6.45) is 2.15. The normalized spacial score (nSPS) is 15.7. The van der Waals surface area contributed by atoms with E-state index in [0.29, 0.717) is 11.7 Å². The van der Waals surface area contributed by atoms with Crippen molar-refractivity contribution >= 4 is 9.73 Å². The maximum absolute atomic E-state index is 12.7. The third kappa shape index (κ3) is 4.00. The zero-order valence-electron chi connectivity index (χ0n) is 11.0. The first kappa shape index (κ1) is 14.0. The molecule has 94 valence electrons. The molecule has 1 aromatic carbocycles. The summed E-state index contributed by atoms with van der Waals surface area (Å²) in [6, 6.07) is 9.51. The van der Waals surface area contributed by atoms with Crippen LogP contribution < -0.4 is 0 Å². The van der Waals surface area contributed by atoms with Crippen LogP contribution in [0.25, 0.3) is 0 Å². The average Bonchev–Trinajstić information content (AvgIpc) is 2.29. The second kappa shape index (κ2) is 6.01. The van der Waals surface area contributed by atoms with Gasteiger partial charge in [-0.15, -0.1) is 0 Å². The van der Waals surface area contributed by atoms with Crippen LogP contribution in [0.3, 0.4) is 0 Å². The quantitative estimate of drug-likeness (QED) is 0.749. The monoisotopic (exact) mass is 251 g/mol. The summed E-state index contributed by atoms with van der Waals surface area (Å²) < 4.78 is 16.9. The minimum absolute atomic E-state index is 0.478. The molecular formula is C14H21NOS. The Morgan fingerprint density at radius 1 is 1.35 bits per heavy atom. The van der Waals surface area contributed by atoms with E-state index in [9.17, 15) is 4.21 Å². The van der Waals surface area contributed by atoms with Gasteiger partial charge in [-0.05, 0) is 25.0 Å². The molecule has 0 aromatic heterocycles. The average molecular weight is 251 g/mol. The molecule has 0 radical (unpaired) electrons. The van der Waals surface area contributed by atoms with E-state index >= 15 is 0 Å². The zero-order valence-corrected chi connectivity index (χ0v) is 11.8. The second-order valence-electron chi connectivity index (χ2n) is 4.54. The predicted octanol–water partition coefficient (Wildman–Crippen LogP) is 3.75. The molecule has 1 atom stereocenters. The molecule has 0 N–H and O–H groups in total. The van der Waals surface area contributed by atoms with Crippen LogP contribution in [-0.4, -0.2) is 17.0 Å². The molecule has 2 nitrogen and oxygen atoms in total. The largest absolute Gasteiger partial charge is 0.244 e. The molecule has 3 heteroatoms. The van der Waals surface area contributed by atoms with E-state index in [1.165, 1.54) is 0 Å². The van der Waals surface area contributed by atoms with Crippen LogP contribution >= 0.6 is 0 Å². The minimum Gasteiger partial charge on any atom is -0.244 e. The number of hydrogen-bond acceptors (Lipinski definition) is 2. The van der Waals surface area contributed by atoms with Crippen molar-refractivity contribution in [2.75, 3.05) is 12.8 Å². The van der Waals surface area contributed by atoms with Crippen LogP contribution in [0.1, 0.15) is 20.8 Å². The van der Waals surface area contributed by atoms with E-state index in [2.05, 4.69) is 24.3 Å². The van der Waals surface area contributed by atoms with Crippen molar-refractivity contribution in [3.63, 3.8) is 0 Å². The highest BCUT2D eigenvalue weighted by molar-refractivity contribution is 7.93. The van der Waals surface area contributed by atoms with Gasteiger partial charge in [0.2, 0.25) is 0 Å². The van der Waals surface area contributed by atoms with Gasteiger partial charge in [0.05, 0.1) is 15.5 Å². The van der Waals surface area contributed by atoms with Crippen LogP contribution in [0, 0.1) is 5.92 Å². The summed E-state index contributed by atoms with van der Waals surface area (Å²) in [4.78, 5) is 0.819. The van der Waals surface area contributed by atoms with Crippen LogP contribution in [-0.2, 0) is 9.73 Å². The van der Waals surface area contributed by atoms with Gasteiger partial charge in [0.1, 0.15) is 0 Å². The maximum atomic E-state index is 12.7. The van der Waals surface area contributed by atoms with Crippen LogP contribution in [0.2, 0.25) is 0 Å². The van der Waals surface area contributed by atoms with Gasteiger partial charge in [-0.25, -0.2) is 8.57 Å². The van der Waals surface area contributed by atoms with Gasteiger partial charge in [0.15, 0.2) is 0 Å². The molecule has 0 spiro atoms. The molecule has 0 aliphatic rings. The third-order valence-corrected chi connectivity index (χ3v) is 4.89. The molecule has 0 heterocycles. The Bertz CT molecular complexity index is 494.